The zero-order valence-corrected chi connectivity index (χ0v) is 15.0. The maximum atomic E-state index is 13.8. The fourth-order valence-corrected chi connectivity index (χ4v) is 3.54. The number of hydrogen-bond acceptors (Lipinski definition) is 3. The summed E-state index contributed by atoms with van der Waals surface area (Å²) in [7, 11) is 0. The van der Waals surface area contributed by atoms with Gasteiger partial charge in [0, 0.05) is 31.6 Å². The van der Waals surface area contributed by atoms with Crippen LogP contribution in [0.4, 0.5) is 8.78 Å². The van der Waals surface area contributed by atoms with E-state index >= 15 is 0 Å². The van der Waals surface area contributed by atoms with E-state index in [9.17, 15) is 23.2 Å². The molecule has 3 rings (SSSR count). The summed E-state index contributed by atoms with van der Waals surface area (Å²) in [5.74, 6) is -2.75. The number of halogens is 2. The molecule has 2 saturated heterocycles. The molecule has 1 aromatic carbocycles. The largest absolute Gasteiger partial charge is 0.354 e. The number of amides is 3. The molecule has 0 bridgehead atoms. The van der Waals surface area contributed by atoms with E-state index in [4.69, 9.17) is 0 Å². The maximum absolute atomic E-state index is 13.8. The van der Waals surface area contributed by atoms with E-state index in [2.05, 4.69) is 10.6 Å². The smallest absolute Gasteiger partial charge is 0.256 e. The molecule has 2 N–H and O–H groups in total. The Balaban J connectivity index is 1.54. The number of nitrogens with zero attached hydrogens (tertiary/aromatic N) is 1. The number of benzene rings is 1. The molecule has 27 heavy (non-hydrogen) atoms. The summed E-state index contributed by atoms with van der Waals surface area (Å²) in [6.45, 7) is 1.25. The van der Waals surface area contributed by atoms with Gasteiger partial charge in [-0.05, 0) is 44.2 Å². The number of carbonyl (C=O) groups excluding carboxylic acids is 3. The van der Waals surface area contributed by atoms with Gasteiger partial charge in [-0.1, -0.05) is 0 Å². The van der Waals surface area contributed by atoms with Crippen LogP contribution in [-0.4, -0.2) is 48.3 Å². The highest BCUT2D eigenvalue weighted by Crippen LogP contribution is 2.21. The van der Waals surface area contributed by atoms with Gasteiger partial charge in [-0.25, -0.2) is 8.78 Å². The van der Waals surface area contributed by atoms with Crippen molar-refractivity contribution in [1.82, 2.24) is 15.5 Å². The third-order valence-corrected chi connectivity index (χ3v) is 5.17. The molecule has 2 aliphatic rings. The van der Waals surface area contributed by atoms with Gasteiger partial charge in [0.25, 0.3) is 5.91 Å². The van der Waals surface area contributed by atoms with Gasteiger partial charge in [0.05, 0.1) is 5.56 Å². The zero-order chi connectivity index (χ0) is 19.4. The Morgan fingerprint density at radius 3 is 2.56 bits per heavy atom. The average molecular weight is 379 g/mol. The van der Waals surface area contributed by atoms with Crippen molar-refractivity contribution < 1.29 is 23.2 Å². The van der Waals surface area contributed by atoms with Gasteiger partial charge < -0.3 is 15.5 Å². The van der Waals surface area contributed by atoms with E-state index in [1.807, 2.05) is 0 Å². The lowest BCUT2D eigenvalue weighted by Gasteiger charge is -2.32. The normalized spacial score (nSPS) is 21.3. The first kappa shape index (κ1) is 19.3. The predicted molar refractivity (Wildman–Crippen MR) is 93.8 cm³/mol. The highest BCUT2D eigenvalue weighted by Gasteiger charge is 2.31. The molecule has 1 aromatic rings. The summed E-state index contributed by atoms with van der Waals surface area (Å²) in [5, 5.41) is 5.60. The first-order valence-corrected chi connectivity index (χ1v) is 9.28. The van der Waals surface area contributed by atoms with Crippen LogP contribution >= 0.6 is 0 Å². The highest BCUT2D eigenvalue weighted by atomic mass is 19.1. The fourth-order valence-electron chi connectivity index (χ4n) is 3.54. The van der Waals surface area contributed by atoms with Crippen molar-refractivity contribution in [2.45, 2.75) is 38.1 Å². The summed E-state index contributed by atoms with van der Waals surface area (Å²) in [6.07, 6.45) is 3.28. The molecule has 3 amide bonds. The van der Waals surface area contributed by atoms with Gasteiger partial charge in [0.1, 0.15) is 17.7 Å². The minimum atomic E-state index is -0.890. The van der Waals surface area contributed by atoms with Gasteiger partial charge in [0.2, 0.25) is 11.8 Å². The molecular formula is C19H23F2N3O3. The molecule has 1 atom stereocenters. The molecule has 6 nitrogen and oxygen atoms in total. The molecule has 0 unspecified atom stereocenters. The van der Waals surface area contributed by atoms with Crippen molar-refractivity contribution in [2.75, 3.05) is 19.6 Å². The van der Waals surface area contributed by atoms with E-state index in [1.165, 1.54) is 4.90 Å². The molecule has 2 heterocycles. The lowest BCUT2D eigenvalue weighted by Crippen LogP contribution is -2.49. The predicted octanol–water partition coefficient (Wildman–Crippen LogP) is 1.60. The monoisotopic (exact) mass is 379 g/mol. The van der Waals surface area contributed by atoms with Crippen LogP contribution in [0, 0.1) is 17.6 Å². The minimum Gasteiger partial charge on any atom is -0.354 e. The molecule has 0 saturated carbocycles. The summed E-state index contributed by atoms with van der Waals surface area (Å²) in [6, 6.07) is 2.36. The SMILES string of the molecule is O=C(N[C@@H]1CCCCNC1=O)C1CCN(C(=O)c2ccc(F)cc2F)CC1. The molecule has 0 spiro atoms. The van der Waals surface area contributed by atoms with Crippen LogP contribution in [-0.2, 0) is 9.59 Å². The van der Waals surface area contributed by atoms with Crippen molar-refractivity contribution >= 4 is 17.7 Å². The van der Waals surface area contributed by atoms with Gasteiger partial charge in [-0.15, -0.1) is 0 Å². The van der Waals surface area contributed by atoms with E-state index < -0.39 is 23.6 Å². The van der Waals surface area contributed by atoms with Crippen LogP contribution in [0.2, 0.25) is 0 Å². The number of rotatable bonds is 3. The van der Waals surface area contributed by atoms with E-state index in [0.717, 1.165) is 25.0 Å². The Labute approximate surface area is 156 Å². The summed E-state index contributed by atoms with van der Waals surface area (Å²) < 4.78 is 26.8. The summed E-state index contributed by atoms with van der Waals surface area (Å²) in [4.78, 5) is 38.3. The van der Waals surface area contributed by atoms with Crippen LogP contribution in [0.15, 0.2) is 18.2 Å². The topological polar surface area (TPSA) is 78.5 Å². The van der Waals surface area contributed by atoms with Crippen molar-refractivity contribution in [3.05, 3.63) is 35.4 Å². The van der Waals surface area contributed by atoms with E-state index in [1.54, 1.807) is 0 Å². The third kappa shape index (κ3) is 4.61. The average Bonchev–Trinajstić information content (AvgIpc) is 2.86. The Morgan fingerprint density at radius 1 is 1.11 bits per heavy atom. The van der Waals surface area contributed by atoms with Crippen LogP contribution in [0.1, 0.15) is 42.5 Å². The quantitative estimate of drug-likeness (QED) is 0.837. The standard InChI is InChI=1S/C19H23F2N3O3/c20-13-4-5-14(15(21)11-13)19(27)24-9-6-12(7-10-24)17(25)23-16-3-1-2-8-22-18(16)26/h4-5,11-12,16H,1-3,6-10H2,(H,22,26)(H,23,25)/t16-/m1/s1. The van der Waals surface area contributed by atoms with Crippen molar-refractivity contribution in [3.63, 3.8) is 0 Å². The molecular weight excluding hydrogens is 356 g/mol. The number of nitrogens with one attached hydrogen (secondary N) is 2. The second kappa shape index (κ2) is 8.45. The number of hydrogen-bond donors (Lipinski definition) is 2. The van der Waals surface area contributed by atoms with E-state index in [0.29, 0.717) is 45.0 Å². The highest BCUT2D eigenvalue weighted by molar-refractivity contribution is 5.94. The number of likely N-dealkylation sites (tertiary alicyclic amines) is 1. The maximum Gasteiger partial charge on any atom is 0.256 e. The first-order valence-electron chi connectivity index (χ1n) is 9.28. The molecule has 2 fully saturated rings. The summed E-state index contributed by atoms with van der Waals surface area (Å²) in [5.41, 5.74) is -0.172. The third-order valence-electron chi connectivity index (χ3n) is 5.17. The van der Waals surface area contributed by atoms with Crippen LogP contribution in [0.5, 0.6) is 0 Å². The number of carbonyl (C=O) groups is 3. The minimum absolute atomic E-state index is 0.153. The fraction of sp³-hybridized carbons (Fsp3) is 0.526. The van der Waals surface area contributed by atoms with Crippen molar-refractivity contribution in [2.24, 2.45) is 5.92 Å². The Hall–Kier alpha value is -2.51. The Bertz CT molecular complexity index is 733. The van der Waals surface area contributed by atoms with Crippen molar-refractivity contribution in [3.8, 4) is 0 Å². The van der Waals surface area contributed by atoms with Gasteiger partial charge in [-0.3, -0.25) is 14.4 Å². The van der Waals surface area contributed by atoms with E-state index in [-0.39, 0.29) is 23.3 Å². The first-order chi connectivity index (χ1) is 13.0. The Kier molecular flexibility index (Phi) is 6.03. The molecule has 8 heteroatoms. The Morgan fingerprint density at radius 2 is 1.85 bits per heavy atom. The zero-order valence-electron chi connectivity index (χ0n) is 15.0. The molecule has 146 valence electrons. The van der Waals surface area contributed by atoms with Gasteiger partial charge >= 0.3 is 0 Å². The molecule has 0 aromatic heterocycles. The molecule has 0 aliphatic carbocycles. The summed E-state index contributed by atoms with van der Waals surface area (Å²) >= 11 is 0. The second-order valence-corrected chi connectivity index (χ2v) is 7.04. The van der Waals surface area contributed by atoms with Crippen molar-refractivity contribution in [1.29, 1.82) is 0 Å². The lowest BCUT2D eigenvalue weighted by atomic mass is 9.94. The lowest BCUT2D eigenvalue weighted by molar-refractivity contribution is -0.131. The molecule has 0 radical (unpaired) electrons. The molecule has 2 aliphatic heterocycles. The van der Waals surface area contributed by atoms with Crippen LogP contribution in [0.25, 0.3) is 0 Å². The van der Waals surface area contributed by atoms with Crippen LogP contribution in [0.3, 0.4) is 0 Å². The van der Waals surface area contributed by atoms with Gasteiger partial charge in [0.15, 0.2) is 0 Å². The van der Waals surface area contributed by atoms with Crippen LogP contribution < -0.4 is 10.6 Å². The second-order valence-electron chi connectivity index (χ2n) is 7.04. The van der Waals surface area contributed by atoms with Gasteiger partial charge in [-0.2, -0.15) is 0 Å². The number of piperidine rings is 1.